The van der Waals surface area contributed by atoms with E-state index in [0.717, 1.165) is 26.6 Å². The van der Waals surface area contributed by atoms with Crippen molar-refractivity contribution in [3.63, 3.8) is 0 Å². The van der Waals surface area contributed by atoms with Crippen molar-refractivity contribution in [3.8, 4) is 0 Å². The van der Waals surface area contributed by atoms with E-state index in [2.05, 4.69) is 9.97 Å². The zero-order valence-corrected chi connectivity index (χ0v) is 16.1. The highest BCUT2D eigenvalue weighted by Crippen LogP contribution is 2.28. The average molecular weight is 396 g/mol. The third kappa shape index (κ3) is 4.37. The van der Waals surface area contributed by atoms with E-state index in [9.17, 15) is 4.79 Å². The van der Waals surface area contributed by atoms with Gasteiger partial charge in [0, 0.05) is 11.9 Å². The fourth-order valence-corrected chi connectivity index (χ4v) is 4.41. The second-order valence-electron chi connectivity index (χ2n) is 5.92. The van der Waals surface area contributed by atoms with Gasteiger partial charge in [-0.1, -0.05) is 42.1 Å². The molecule has 136 valence electrons. The standard InChI is InChI=1S/C20H17N3O2S2/c24-18(13-27-20-17-8-10-26-19(17)21-14-22-20)23(12-16-7-4-9-25-16)11-15-5-2-1-3-6-15/h1-10,14H,11-13H2. The summed E-state index contributed by atoms with van der Waals surface area (Å²) in [4.78, 5) is 24.3. The first kappa shape index (κ1) is 17.8. The van der Waals surface area contributed by atoms with Gasteiger partial charge in [-0.2, -0.15) is 0 Å². The Morgan fingerprint density at radius 3 is 2.78 bits per heavy atom. The highest BCUT2D eigenvalue weighted by molar-refractivity contribution is 8.00. The molecule has 0 aliphatic rings. The molecule has 0 bridgehead atoms. The molecule has 0 aliphatic carbocycles. The molecule has 0 unspecified atom stereocenters. The molecule has 0 atom stereocenters. The monoisotopic (exact) mass is 395 g/mol. The number of furan rings is 1. The summed E-state index contributed by atoms with van der Waals surface area (Å²) in [5, 5.41) is 3.83. The molecule has 5 nitrogen and oxygen atoms in total. The van der Waals surface area contributed by atoms with Crippen LogP contribution in [0.5, 0.6) is 0 Å². The third-order valence-corrected chi connectivity index (χ3v) is 5.86. The van der Waals surface area contributed by atoms with Crippen LogP contribution < -0.4 is 0 Å². The minimum atomic E-state index is 0.0437. The zero-order chi connectivity index (χ0) is 18.5. The van der Waals surface area contributed by atoms with Crippen LogP contribution >= 0.6 is 23.1 Å². The molecule has 0 fully saturated rings. The number of thiophene rings is 1. The van der Waals surface area contributed by atoms with Crippen LogP contribution in [-0.4, -0.2) is 26.5 Å². The van der Waals surface area contributed by atoms with Crippen LogP contribution in [0.2, 0.25) is 0 Å². The van der Waals surface area contributed by atoms with E-state index in [1.165, 1.54) is 11.8 Å². The molecule has 0 radical (unpaired) electrons. The van der Waals surface area contributed by atoms with Crippen molar-refractivity contribution in [2.75, 3.05) is 5.75 Å². The smallest absolute Gasteiger partial charge is 0.233 e. The van der Waals surface area contributed by atoms with Gasteiger partial charge in [0.1, 0.15) is 21.9 Å². The number of nitrogens with zero attached hydrogens (tertiary/aromatic N) is 3. The summed E-state index contributed by atoms with van der Waals surface area (Å²) >= 11 is 3.02. The number of hydrogen-bond donors (Lipinski definition) is 0. The third-order valence-electron chi connectivity index (χ3n) is 4.05. The molecule has 0 saturated carbocycles. The Bertz CT molecular complexity index is 1020. The van der Waals surface area contributed by atoms with Crippen molar-refractivity contribution in [1.82, 2.24) is 14.9 Å². The summed E-state index contributed by atoms with van der Waals surface area (Å²) in [5.74, 6) is 1.13. The minimum absolute atomic E-state index is 0.0437. The molecule has 1 aromatic carbocycles. The van der Waals surface area contributed by atoms with Crippen LogP contribution in [0.3, 0.4) is 0 Å². The quantitative estimate of drug-likeness (QED) is 0.338. The normalized spacial score (nSPS) is 11.0. The van der Waals surface area contributed by atoms with Gasteiger partial charge in [-0.3, -0.25) is 4.79 Å². The SMILES string of the molecule is O=C(CSc1ncnc2sccc12)N(Cc1ccccc1)Cc1ccco1. The molecule has 7 heteroatoms. The lowest BCUT2D eigenvalue weighted by atomic mass is 10.2. The first-order valence-electron chi connectivity index (χ1n) is 8.44. The number of thioether (sulfide) groups is 1. The van der Waals surface area contributed by atoms with Gasteiger partial charge in [0.05, 0.1) is 18.6 Å². The minimum Gasteiger partial charge on any atom is -0.467 e. The highest BCUT2D eigenvalue weighted by atomic mass is 32.2. The van der Waals surface area contributed by atoms with Crippen LogP contribution in [0.15, 0.2) is 75.9 Å². The Kier molecular flexibility index (Phi) is 5.50. The molecule has 0 N–H and O–H groups in total. The van der Waals surface area contributed by atoms with Gasteiger partial charge < -0.3 is 9.32 Å². The Labute approximate surface area is 165 Å². The highest BCUT2D eigenvalue weighted by Gasteiger charge is 2.17. The topological polar surface area (TPSA) is 59.2 Å². The molecule has 0 saturated heterocycles. The lowest BCUT2D eigenvalue weighted by Crippen LogP contribution is -2.31. The molecule has 1 amide bonds. The maximum Gasteiger partial charge on any atom is 0.233 e. The summed E-state index contributed by atoms with van der Waals surface area (Å²) in [6, 6.07) is 15.7. The number of aromatic nitrogens is 2. The van der Waals surface area contributed by atoms with Crippen molar-refractivity contribution in [2.24, 2.45) is 0 Å². The summed E-state index contributed by atoms with van der Waals surface area (Å²) in [7, 11) is 0. The lowest BCUT2D eigenvalue weighted by Gasteiger charge is -2.21. The van der Waals surface area contributed by atoms with E-state index in [1.54, 1.807) is 23.9 Å². The predicted octanol–water partition coefficient (Wildman–Crippen LogP) is 4.61. The molecular weight excluding hydrogens is 378 g/mol. The van der Waals surface area contributed by atoms with E-state index < -0.39 is 0 Å². The van der Waals surface area contributed by atoms with Crippen molar-refractivity contribution in [1.29, 1.82) is 0 Å². The van der Waals surface area contributed by atoms with Crippen LogP contribution in [0.1, 0.15) is 11.3 Å². The zero-order valence-electron chi connectivity index (χ0n) is 14.4. The molecule has 0 aliphatic heterocycles. The fourth-order valence-electron chi connectivity index (χ4n) is 2.73. The maximum absolute atomic E-state index is 12.9. The second-order valence-corrected chi connectivity index (χ2v) is 7.78. The van der Waals surface area contributed by atoms with Gasteiger partial charge in [0.25, 0.3) is 0 Å². The van der Waals surface area contributed by atoms with Crippen LogP contribution in [0.25, 0.3) is 10.2 Å². The Morgan fingerprint density at radius 2 is 1.96 bits per heavy atom. The van der Waals surface area contributed by atoms with E-state index in [0.29, 0.717) is 18.8 Å². The van der Waals surface area contributed by atoms with Gasteiger partial charge in [-0.05, 0) is 29.1 Å². The first-order chi connectivity index (χ1) is 13.3. The molecular formula is C20H17N3O2S2. The van der Waals surface area contributed by atoms with Crippen molar-refractivity contribution in [3.05, 3.63) is 77.8 Å². The van der Waals surface area contributed by atoms with Gasteiger partial charge >= 0.3 is 0 Å². The number of carbonyl (C=O) groups excluding carboxylic acids is 1. The Morgan fingerprint density at radius 1 is 1.07 bits per heavy atom. The molecule has 0 spiro atoms. The lowest BCUT2D eigenvalue weighted by molar-refractivity contribution is -0.129. The van der Waals surface area contributed by atoms with Gasteiger partial charge in [-0.15, -0.1) is 11.3 Å². The number of fused-ring (bicyclic) bond motifs is 1. The molecule has 4 rings (SSSR count). The van der Waals surface area contributed by atoms with E-state index in [4.69, 9.17) is 4.42 Å². The Hall–Kier alpha value is -2.64. The van der Waals surface area contributed by atoms with Gasteiger partial charge in [-0.25, -0.2) is 9.97 Å². The van der Waals surface area contributed by atoms with Crippen molar-refractivity contribution < 1.29 is 9.21 Å². The van der Waals surface area contributed by atoms with Gasteiger partial charge in [0.15, 0.2) is 0 Å². The number of carbonyl (C=O) groups is 1. The van der Waals surface area contributed by atoms with E-state index in [1.807, 2.05) is 58.8 Å². The van der Waals surface area contributed by atoms with Crippen LogP contribution in [0.4, 0.5) is 0 Å². The largest absolute Gasteiger partial charge is 0.467 e. The van der Waals surface area contributed by atoms with Crippen LogP contribution in [-0.2, 0) is 17.9 Å². The molecule has 27 heavy (non-hydrogen) atoms. The number of hydrogen-bond acceptors (Lipinski definition) is 6. The summed E-state index contributed by atoms with van der Waals surface area (Å²) in [5.41, 5.74) is 1.09. The number of amides is 1. The molecule has 3 heterocycles. The first-order valence-corrected chi connectivity index (χ1v) is 10.3. The molecule has 3 aromatic heterocycles. The molecule has 4 aromatic rings. The second kappa shape index (κ2) is 8.37. The van der Waals surface area contributed by atoms with Crippen molar-refractivity contribution >= 4 is 39.2 Å². The predicted molar refractivity (Wildman–Crippen MR) is 108 cm³/mol. The summed E-state index contributed by atoms with van der Waals surface area (Å²) < 4.78 is 5.44. The van der Waals surface area contributed by atoms with E-state index >= 15 is 0 Å². The number of benzene rings is 1. The average Bonchev–Trinajstić information content (AvgIpc) is 3.38. The van der Waals surface area contributed by atoms with Crippen LogP contribution in [0, 0.1) is 0 Å². The summed E-state index contributed by atoms with van der Waals surface area (Å²) in [6.45, 7) is 0.984. The van der Waals surface area contributed by atoms with Crippen molar-refractivity contribution in [2.45, 2.75) is 18.1 Å². The summed E-state index contributed by atoms with van der Waals surface area (Å²) in [6.07, 6.45) is 3.18. The van der Waals surface area contributed by atoms with E-state index in [-0.39, 0.29) is 5.91 Å². The Balaban J connectivity index is 1.48. The number of rotatable bonds is 7. The van der Waals surface area contributed by atoms with Gasteiger partial charge in [0.2, 0.25) is 5.91 Å². The maximum atomic E-state index is 12.9. The fraction of sp³-hybridized carbons (Fsp3) is 0.150.